The standard InChI is InChI=1S/C23H18O13/c24-13(9-1-5-11(6-2-9)33-22-18(29)14(25)16(27)20(31)35-22)10-3-7-12(8-4-10)34-23-19(30)15(26)17(28)21(32)36-23/h1-8,22-23,25-32H. The van der Waals surface area contributed by atoms with E-state index in [1.165, 1.54) is 48.5 Å². The molecule has 2 aromatic rings. The Bertz CT molecular complexity index is 1220. The Morgan fingerprint density at radius 2 is 0.889 bits per heavy atom. The van der Waals surface area contributed by atoms with E-state index in [0.717, 1.165) is 0 Å². The lowest BCUT2D eigenvalue weighted by Crippen LogP contribution is -2.28. The number of aliphatic hydroxyl groups excluding tert-OH is 8. The van der Waals surface area contributed by atoms with Crippen LogP contribution in [0.3, 0.4) is 0 Å². The van der Waals surface area contributed by atoms with Crippen LogP contribution in [-0.2, 0) is 9.47 Å². The van der Waals surface area contributed by atoms with Crippen molar-refractivity contribution in [3.05, 3.63) is 106 Å². The minimum absolute atomic E-state index is 0.0979. The Labute approximate surface area is 201 Å². The third-order valence-electron chi connectivity index (χ3n) is 4.94. The van der Waals surface area contributed by atoms with Crippen molar-refractivity contribution in [2.45, 2.75) is 12.6 Å². The molecular formula is C23H18O13. The Morgan fingerprint density at radius 1 is 0.556 bits per heavy atom. The van der Waals surface area contributed by atoms with E-state index in [1.54, 1.807) is 0 Å². The molecule has 0 fully saturated rings. The number of carbonyl (C=O) groups is 1. The second-order valence-corrected chi connectivity index (χ2v) is 7.29. The maximum Gasteiger partial charge on any atom is 0.328 e. The highest BCUT2D eigenvalue weighted by Gasteiger charge is 2.34. The summed E-state index contributed by atoms with van der Waals surface area (Å²) in [6.07, 6.45) is -3.28. The summed E-state index contributed by atoms with van der Waals surface area (Å²) in [5.41, 5.74) is 0.491. The third-order valence-corrected chi connectivity index (χ3v) is 4.94. The number of hydrogen-bond donors (Lipinski definition) is 8. The van der Waals surface area contributed by atoms with Gasteiger partial charge in [0.05, 0.1) is 0 Å². The van der Waals surface area contributed by atoms with Crippen LogP contribution >= 0.6 is 0 Å². The average Bonchev–Trinajstić information content (AvgIpc) is 2.88. The van der Waals surface area contributed by atoms with Gasteiger partial charge in [0.15, 0.2) is 5.78 Å². The summed E-state index contributed by atoms with van der Waals surface area (Å²) in [7, 11) is 0. The van der Waals surface area contributed by atoms with Crippen LogP contribution in [0.25, 0.3) is 0 Å². The molecule has 2 aliphatic heterocycles. The van der Waals surface area contributed by atoms with Crippen LogP contribution in [0.4, 0.5) is 0 Å². The quantitative estimate of drug-likeness (QED) is 0.265. The van der Waals surface area contributed by atoms with Crippen LogP contribution in [0.2, 0.25) is 0 Å². The van der Waals surface area contributed by atoms with Gasteiger partial charge in [-0.1, -0.05) is 0 Å². The van der Waals surface area contributed by atoms with Gasteiger partial charge in [-0.2, -0.15) is 0 Å². The van der Waals surface area contributed by atoms with E-state index in [2.05, 4.69) is 0 Å². The molecule has 188 valence electrons. The number of ether oxygens (including phenoxy) is 4. The van der Waals surface area contributed by atoms with E-state index in [0.29, 0.717) is 0 Å². The highest BCUT2D eigenvalue weighted by Crippen LogP contribution is 2.28. The van der Waals surface area contributed by atoms with Gasteiger partial charge in [-0.25, -0.2) is 0 Å². The number of aliphatic hydroxyl groups is 8. The highest BCUT2D eigenvalue weighted by atomic mass is 16.7. The van der Waals surface area contributed by atoms with Gasteiger partial charge in [-0.05, 0) is 48.5 Å². The van der Waals surface area contributed by atoms with Crippen molar-refractivity contribution in [2.24, 2.45) is 0 Å². The van der Waals surface area contributed by atoms with Crippen LogP contribution in [0.5, 0.6) is 11.5 Å². The van der Waals surface area contributed by atoms with E-state index >= 15 is 0 Å². The van der Waals surface area contributed by atoms with Crippen molar-refractivity contribution >= 4 is 5.78 Å². The molecule has 8 N–H and O–H groups in total. The molecule has 0 aliphatic carbocycles. The van der Waals surface area contributed by atoms with Gasteiger partial charge < -0.3 is 59.8 Å². The molecular weight excluding hydrogens is 484 g/mol. The molecule has 36 heavy (non-hydrogen) atoms. The topological polar surface area (TPSA) is 216 Å². The maximum absolute atomic E-state index is 12.8. The highest BCUT2D eigenvalue weighted by molar-refractivity contribution is 6.09. The molecule has 0 bridgehead atoms. The van der Waals surface area contributed by atoms with Crippen molar-refractivity contribution in [2.75, 3.05) is 0 Å². The van der Waals surface area contributed by atoms with Gasteiger partial charge in [0, 0.05) is 11.1 Å². The van der Waals surface area contributed by atoms with Crippen LogP contribution in [0, 0.1) is 0 Å². The fourth-order valence-corrected chi connectivity index (χ4v) is 3.04. The summed E-state index contributed by atoms with van der Waals surface area (Å²) in [6, 6.07) is 11.1. The maximum atomic E-state index is 12.8. The van der Waals surface area contributed by atoms with E-state index in [1.807, 2.05) is 0 Å². The number of ketones is 1. The predicted molar refractivity (Wildman–Crippen MR) is 116 cm³/mol. The second kappa shape index (κ2) is 9.13. The van der Waals surface area contributed by atoms with Crippen LogP contribution in [0.15, 0.2) is 95.0 Å². The van der Waals surface area contributed by atoms with Gasteiger partial charge in [-0.15, -0.1) is 0 Å². The smallest absolute Gasteiger partial charge is 0.328 e. The second-order valence-electron chi connectivity index (χ2n) is 7.29. The molecule has 0 amide bonds. The lowest BCUT2D eigenvalue weighted by molar-refractivity contribution is -0.0970. The molecule has 0 saturated heterocycles. The van der Waals surface area contributed by atoms with Gasteiger partial charge >= 0.3 is 24.5 Å². The molecule has 13 heteroatoms. The average molecular weight is 502 g/mol. The molecule has 0 radical (unpaired) electrons. The molecule has 2 heterocycles. The van der Waals surface area contributed by atoms with Crippen molar-refractivity contribution < 1.29 is 64.6 Å². The van der Waals surface area contributed by atoms with Gasteiger partial charge in [0.1, 0.15) is 11.5 Å². The van der Waals surface area contributed by atoms with E-state index in [9.17, 15) is 45.6 Å². The zero-order valence-electron chi connectivity index (χ0n) is 17.9. The summed E-state index contributed by atoms with van der Waals surface area (Å²) in [5.74, 6) is -8.12. The first-order chi connectivity index (χ1) is 17.1. The first-order valence-corrected chi connectivity index (χ1v) is 9.97. The number of rotatable bonds is 6. The Balaban J connectivity index is 1.41. The van der Waals surface area contributed by atoms with Gasteiger partial charge in [0.2, 0.25) is 34.6 Å². The summed E-state index contributed by atoms with van der Waals surface area (Å²) < 4.78 is 20.1. The predicted octanol–water partition coefficient (Wildman–Crippen LogP) is 3.61. The number of hydrogen-bond acceptors (Lipinski definition) is 13. The Morgan fingerprint density at radius 3 is 1.22 bits per heavy atom. The SMILES string of the molecule is O=C(c1ccc(OC2OC(O)=C(O)C(O)=C2O)cc1)c1ccc(OC2OC(O)=C(O)C(O)=C2O)cc1. The molecule has 2 aliphatic rings. The minimum Gasteiger partial charge on any atom is -0.503 e. The zero-order valence-corrected chi connectivity index (χ0v) is 17.9. The molecule has 0 saturated carbocycles. The van der Waals surface area contributed by atoms with Crippen LogP contribution in [0.1, 0.15) is 15.9 Å². The molecule has 0 aromatic heterocycles. The lowest BCUT2D eigenvalue weighted by atomic mass is 10.0. The minimum atomic E-state index is -1.64. The normalized spacial score (nSPS) is 20.1. The summed E-state index contributed by atoms with van der Waals surface area (Å²) >= 11 is 0. The third kappa shape index (κ3) is 4.40. The molecule has 4 rings (SSSR count). The van der Waals surface area contributed by atoms with Crippen molar-refractivity contribution in [3.8, 4) is 11.5 Å². The van der Waals surface area contributed by atoms with Crippen molar-refractivity contribution in [1.82, 2.24) is 0 Å². The lowest BCUT2D eigenvalue weighted by Gasteiger charge is -2.23. The molecule has 0 spiro atoms. The largest absolute Gasteiger partial charge is 0.503 e. The Hall–Kier alpha value is -5.33. The Kier molecular flexibility index (Phi) is 6.04. The van der Waals surface area contributed by atoms with Crippen LogP contribution in [-0.4, -0.2) is 59.2 Å². The van der Waals surface area contributed by atoms with Crippen LogP contribution < -0.4 is 9.47 Å². The number of benzene rings is 2. The first-order valence-electron chi connectivity index (χ1n) is 9.97. The molecule has 2 aromatic carbocycles. The summed E-state index contributed by atoms with van der Waals surface area (Å²) in [5, 5.41) is 76.2. The fourth-order valence-electron chi connectivity index (χ4n) is 3.04. The summed E-state index contributed by atoms with van der Waals surface area (Å²) in [4.78, 5) is 12.8. The van der Waals surface area contributed by atoms with E-state index < -0.39 is 64.8 Å². The molecule has 2 unspecified atom stereocenters. The van der Waals surface area contributed by atoms with Gasteiger partial charge in [0.25, 0.3) is 0 Å². The fraction of sp³-hybridized carbons (Fsp3) is 0.0870. The van der Waals surface area contributed by atoms with Crippen molar-refractivity contribution in [1.29, 1.82) is 0 Å². The van der Waals surface area contributed by atoms with Crippen molar-refractivity contribution in [3.63, 3.8) is 0 Å². The number of carbonyl (C=O) groups excluding carboxylic acids is 1. The zero-order chi connectivity index (χ0) is 26.1. The molecule has 2 atom stereocenters. The monoisotopic (exact) mass is 502 g/mol. The first kappa shape index (κ1) is 23.8. The van der Waals surface area contributed by atoms with E-state index in [-0.39, 0.29) is 22.6 Å². The van der Waals surface area contributed by atoms with E-state index in [4.69, 9.17) is 18.9 Å². The molecule has 13 nitrogen and oxygen atoms in total. The summed E-state index contributed by atoms with van der Waals surface area (Å²) in [6.45, 7) is 0. The van der Waals surface area contributed by atoms with Gasteiger partial charge in [-0.3, -0.25) is 4.79 Å².